The number of H-pyrrole nitrogens is 1. The molecule has 0 radical (unpaired) electrons. The lowest BCUT2D eigenvalue weighted by Gasteiger charge is -2.34. The summed E-state index contributed by atoms with van der Waals surface area (Å²) in [5, 5.41) is 5.37. The van der Waals surface area contributed by atoms with Crippen LogP contribution in [0.1, 0.15) is 22.8 Å². The summed E-state index contributed by atoms with van der Waals surface area (Å²) in [6, 6.07) is 5.75. The molecule has 2 aromatic rings. The van der Waals surface area contributed by atoms with Crippen LogP contribution in [-0.4, -0.2) is 65.7 Å². The van der Waals surface area contributed by atoms with E-state index in [1.54, 1.807) is 0 Å². The highest BCUT2D eigenvalue weighted by molar-refractivity contribution is 6.19. The van der Waals surface area contributed by atoms with Crippen molar-refractivity contribution in [2.75, 3.05) is 39.3 Å². The minimum Gasteiger partial charge on any atom is -0.360 e. The SMILES string of the molecule is CCN1CCN(CC2=NNC(=O)c3cccc4[nH]cc2c34)CC1. The highest BCUT2D eigenvalue weighted by Gasteiger charge is 2.24. The summed E-state index contributed by atoms with van der Waals surface area (Å²) >= 11 is 0. The second kappa shape index (κ2) is 5.79. The molecule has 0 bridgehead atoms. The average Bonchev–Trinajstić information content (AvgIpc) is 2.97. The van der Waals surface area contributed by atoms with Crippen LogP contribution in [-0.2, 0) is 0 Å². The predicted molar refractivity (Wildman–Crippen MR) is 90.9 cm³/mol. The third-order valence-corrected chi connectivity index (χ3v) is 4.84. The molecule has 6 heteroatoms. The van der Waals surface area contributed by atoms with Gasteiger partial charge in [0.25, 0.3) is 5.91 Å². The van der Waals surface area contributed by atoms with Crippen molar-refractivity contribution in [2.24, 2.45) is 5.10 Å². The third-order valence-electron chi connectivity index (χ3n) is 4.84. The van der Waals surface area contributed by atoms with Crippen molar-refractivity contribution >= 4 is 22.5 Å². The van der Waals surface area contributed by atoms with Crippen LogP contribution in [0.2, 0.25) is 0 Å². The van der Waals surface area contributed by atoms with Gasteiger partial charge in [0.05, 0.1) is 11.3 Å². The maximum atomic E-state index is 12.3. The number of likely N-dealkylation sites (N-methyl/N-ethyl adjacent to an activating group) is 1. The zero-order valence-corrected chi connectivity index (χ0v) is 13.3. The first kappa shape index (κ1) is 14.4. The third kappa shape index (κ3) is 2.54. The number of aromatic nitrogens is 1. The van der Waals surface area contributed by atoms with Crippen molar-refractivity contribution in [3.8, 4) is 0 Å². The van der Waals surface area contributed by atoms with Crippen molar-refractivity contribution in [1.82, 2.24) is 20.2 Å². The number of nitrogens with zero attached hydrogens (tertiary/aromatic N) is 3. The van der Waals surface area contributed by atoms with Gasteiger partial charge >= 0.3 is 0 Å². The Hall–Kier alpha value is -2.18. The minimum absolute atomic E-state index is 0.137. The van der Waals surface area contributed by atoms with Gasteiger partial charge in [-0.3, -0.25) is 9.69 Å². The molecule has 23 heavy (non-hydrogen) atoms. The van der Waals surface area contributed by atoms with Crippen LogP contribution in [0.4, 0.5) is 0 Å². The predicted octanol–water partition coefficient (Wildman–Crippen LogP) is 1.25. The molecule has 1 saturated heterocycles. The molecular formula is C17H21N5O. The molecular weight excluding hydrogens is 290 g/mol. The van der Waals surface area contributed by atoms with Gasteiger partial charge in [-0.15, -0.1) is 0 Å². The quantitative estimate of drug-likeness (QED) is 0.897. The molecule has 0 unspecified atom stereocenters. The maximum absolute atomic E-state index is 12.3. The number of amides is 1. The summed E-state index contributed by atoms with van der Waals surface area (Å²) < 4.78 is 0. The van der Waals surface area contributed by atoms with E-state index in [1.807, 2.05) is 24.4 Å². The summed E-state index contributed by atoms with van der Waals surface area (Å²) in [5.74, 6) is -0.137. The molecule has 0 atom stereocenters. The molecule has 120 valence electrons. The van der Waals surface area contributed by atoms with E-state index in [-0.39, 0.29) is 5.91 Å². The van der Waals surface area contributed by atoms with E-state index >= 15 is 0 Å². The van der Waals surface area contributed by atoms with Crippen molar-refractivity contribution in [2.45, 2.75) is 6.92 Å². The number of carbonyl (C=O) groups is 1. The van der Waals surface area contributed by atoms with Gasteiger partial charge in [0.15, 0.2) is 0 Å². The average molecular weight is 311 g/mol. The fourth-order valence-corrected chi connectivity index (χ4v) is 3.44. The number of hydrogen-bond donors (Lipinski definition) is 2. The zero-order valence-electron chi connectivity index (χ0n) is 13.3. The van der Waals surface area contributed by atoms with E-state index in [1.165, 1.54) is 0 Å². The Morgan fingerprint density at radius 1 is 1.13 bits per heavy atom. The Balaban J connectivity index is 1.63. The van der Waals surface area contributed by atoms with Crippen LogP contribution in [0.3, 0.4) is 0 Å². The van der Waals surface area contributed by atoms with Gasteiger partial charge < -0.3 is 9.88 Å². The van der Waals surface area contributed by atoms with Gasteiger partial charge in [-0.1, -0.05) is 13.0 Å². The number of hydrazone groups is 1. The second-order valence-electron chi connectivity index (χ2n) is 6.14. The van der Waals surface area contributed by atoms with E-state index in [9.17, 15) is 4.79 Å². The fraction of sp³-hybridized carbons (Fsp3) is 0.412. The van der Waals surface area contributed by atoms with Gasteiger partial charge in [0, 0.05) is 55.4 Å². The number of benzene rings is 1. The molecule has 3 heterocycles. The maximum Gasteiger partial charge on any atom is 0.272 e. The normalized spacial score (nSPS) is 19.5. The first-order valence-electron chi connectivity index (χ1n) is 8.18. The number of aromatic amines is 1. The minimum atomic E-state index is -0.137. The lowest BCUT2D eigenvalue weighted by atomic mass is 10.0. The first-order valence-corrected chi connectivity index (χ1v) is 8.18. The standard InChI is InChI=1S/C17H21N5O/c1-2-21-6-8-22(9-7-21)11-15-13-10-18-14-5-3-4-12(16(13)14)17(23)20-19-15/h3-5,10,18H,2,6-9,11H2,1H3,(H,20,23). The summed E-state index contributed by atoms with van der Waals surface area (Å²) in [5.41, 5.74) is 6.33. The fourth-order valence-electron chi connectivity index (χ4n) is 3.44. The molecule has 2 aliphatic heterocycles. The molecule has 1 aromatic heterocycles. The molecule has 2 N–H and O–H groups in total. The van der Waals surface area contributed by atoms with Crippen LogP contribution in [0.5, 0.6) is 0 Å². The molecule has 0 aliphatic carbocycles. The molecule has 1 amide bonds. The first-order chi connectivity index (χ1) is 11.3. The lowest BCUT2D eigenvalue weighted by Crippen LogP contribution is -2.47. The number of rotatable bonds is 3. The topological polar surface area (TPSA) is 63.7 Å². The molecule has 0 saturated carbocycles. The molecule has 6 nitrogen and oxygen atoms in total. The second-order valence-corrected chi connectivity index (χ2v) is 6.14. The lowest BCUT2D eigenvalue weighted by molar-refractivity contribution is 0.0956. The Morgan fingerprint density at radius 3 is 2.70 bits per heavy atom. The van der Waals surface area contributed by atoms with Crippen LogP contribution in [0.15, 0.2) is 29.5 Å². The molecule has 1 fully saturated rings. The van der Waals surface area contributed by atoms with E-state index in [2.05, 4.69) is 32.2 Å². The Morgan fingerprint density at radius 2 is 1.91 bits per heavy atom. The molecule has 4 rings (SSSR count). The zero-order chi connectivity index (χ0) is 15.8. The van der Waals surface area contributed by atoms with Gasteiger partial charge in [0.1, 0.15) is 0 Å². The summed E-state index contributed by atoms with van der Waals surface area (Å²) in [6.07, 6.45) is 1.97. The van der Waals surface area contributed by atoms with Crippen LogP contribution < -0.4 is 5.43 Å². The monoisotopic (exact) mass is 311 g/mol. The van der Waals surface area contributed by atoms with E-state index < -0.39 is 0 Å². The van der Waals surface area contributed by atoms with Crippen molar-refractivity contribution in [3.05, 3.63) is 35.5 Å². The van der Waals surface area contributed by atoms with Gasteiger partial charge in [-0.2, -0.15) is 5.10 Å². The Labute approximate surface area is 135 Å². The largest absolute Gasteiger partial charge is 0.360 e. The number of nitrogens with one attached hydrogen (secondary N) is 2. The molecule has 1 aromatic carbocycles. The van der Waals surface area contributed by atoms with Crippen molar-refractivity contribution < 1.29 is 4.79 Å². The number of piperazine rings is 1. The molecule has 0 spiro atoms. The van der Waals surface area contributed by atoms with E-state index in [0.717, 1.165) is 61.4 Å². The summed E-state index contributed by atoms with van der Waals surface area (Å²) in [4.78, 5) is 20.4. The van der Waals surface area contributed by atoms with Crippen molar-refractivity contribution in [3.63, 3.8) is 0 Å². The van der Waals surface area contributed by atoms with Gasteiger partial charge in [-0.05, 0) is 18.7 Å². The summed E-state index contributed by atoms with van der Waals surface area (Å²) in [6.45, 7) is 8.33. The Bertz CT molecular complexity index is 770. The van der Waals surface area contributed by atoms with Crippen LogP contribution in [0, 0.1) is 0 Å². The van der Waals surface area contributed by atoms with Crippen LogP contribution >= 0.6 is 0 Å². The Kier molecular flexibility index (Phi) is 3.63. The highest BCUT2D eigenvalue weighted by Crippen LogP contribution is 2.25. The van der Waals surface area contributed by atoms with Gasteiger partial charge in [0.2, 0.25) is 0 Å². The van der Waals surface area contributed by atoms with Crippen molar-refractivity contribution in [1.29, 1.82) is 0 Å². The van der Waals surface area contributed by atoms with E-state index in [4.69, 9.17) is 0 Å². The van der Waals surface area contributed by atoms with E-state index in [0.29, 0.717) is 5.56 Å². The molecule has 2 aliphatic rings. The van der Waals surface area contributed by atoms with Gasteiger partial charge in [-0.25, -0.2) is 5.43 Å². The number of hydrogen-bond acceptors (Lipinski definition) is 4. The number of carbonyl (C=O) groups excluding carboxylic acids is 1. The highest BCUT2D eigenvalue weighted by atomic mass is 16.2. The smallest absolute Gasteiger partial charge is 0.272 e. The summed E-state index contributed by atoms with van der Waals surface area (Å²) in [7, 11) is 0. The van der Waals surface area contributed by atoms with Crippen LogP contribution in [0.25, 0.3) is 10.9 Å².